The summed E-state index contributed by atoms with van der Waals surface area (Å²) in [4.78, 5) is 17.6. The van der Waals surface area contributed by atoms with Crippen molar-refractivity contribution in [1.82, 2.24) is 4.98 Å². The Labute approximate surface area is 128 Å². The van der Waals surface area contributed by atoms with E-state index in [-0.39, 0.29) is 12.5 Å². The second kappa shape index (κ2) is 5.85. The lowest BCUT2D eigenvalue weighted by Gasteiger charge is -2.08. The summed E-state index contributed by atoms with van der Waals surface area (Å²) in [5.41, 5.74) is 3.51. The van der Waals surface area contributed by atoms with Gasteiger partial charge in [0.15, 0.2) is 11.7 Å². The Morgan fingerprint density at radius 1 is 1.33 bits per heavy atom. The maximum Gasteiger partial charge on any atom is 0.264 e. The molecule has 1 aliphatic rings. The van der Waals surface area contributed by atoms with Gasteiger partial charge in [-0.2, -0.15) is 0 Å². The largest absolute Gasteiger partial charge is 0.484 e. The molecule has 1 amide bonds. The first-order valence-corrected chi connectivity index (χ1v) is 7.92. The topological polar surface area (TPSA) is 51.2 Å². The van der Waals surface area contributed by atoms with Crippen LogP contribution in [0.4, 0.5) is 5.13 Å². The van der Waals surface area contributed by atoms with Gasteiger partial charge in [0.25, 0.3) is 5.91 Å². The summed E-state index contributed by atoms with van der Waals surface area (Å²) in [6.07, 6.45) is 3.29. The lowest BCUT2D eigenvalue weighted by molar-refractivity contribution is -0.118. The van der Waals surface area contributed by atoms with Crippen molar-refractivity contribution in [2.24, 2.45) is 0 Å². The fraction of sp³-hybridized carbons (Fsp3) is 0.375. The molecule has 1 aromatic carbocycles. The van der Waals surface area contributed by atoms with Crippen LogP contribution < -0.4 is 10.1 Å². The number of nitrogens with zero attached hydrogens (tertiary/aromatic N) is 1. The Morgan fingerprint density at radius 2 is 2.19 bits per heavy atom. The van der Waals surface area contributed by atoms with E-state index in [2.05, 4.69) is 10.3 Å². The predicted molar refractivity (Wildman–Crippen MR) is 84.2 cm³/mol. The van der Waals surface area contributed by atoms with E-state index in [0.717, 1.165) is 29.8 Å². The number of fused-ring (bicyclic) bond motifs is 1. The summed E-state index contributed by atoms with van der Waals surface area (Å²) in [6.45, 7) is 4.08. The van der Waals surface area contributed by atoms with E-state index < -0.39 is 0 Å². The Kier molecular flexibility index (Phi) is 3.92. The molecule has 0 aliphatic heterocycles. The summed E-state index contributed by atoms with van der Waals surface area (Å²) in [7, 11) is 0. The van der Waals surface area contributed by atoms with Crippen LogP contribution in [0.5, 0.6) is 5.75 Å². The van der Waals surface area contributed by atoms with Gasteiger partial charge in [-0.1, -0.05) is 6.07 Å². The Bertz CT molecular complexity index is 657. The van der Waals surface area contributed by atoms with Crippen molar-refractivity contribution < 1.29 is 9.53 Å². The number of carbonyl (C=O) groups is 1. The maximum atomic E-state index is 11.9. The number of aryl methyl sites for hydroxylation is 4. The quantitative estimate of drug-likeness (QED) is 0.943. The van der Waals surface area contributed by atoms with Crippen molar-refractivity contribution in [3.63, 3.8) is 0 Å². The molecule has 0 radical (unpaired) electrons. The van der Waals surface area contributed by atoms with Crippen LogP contribution in [0.2, 0.25) is 0 Å². The van der Waals surface area contributed by atoms with E-state index >= 15 is 0 Å². The number of ether oxygens (including phenoxy) is 1. The molecule has 1 aromatic heterocycles. The Morgan fingerprint density at radius 3 is 2.95 bits per heavy atom. The van der Waals surface area contributed by atoms with Crippen molar-refractivity contribution in [1.29, 1.82) is 0 Å². The zero-order valence-electron chi connectivity index (χ0n) is 12.2. The minimum Gasteiger partial charge on any atom is -0.484 e. The highest BCUT2D eigenvalue weighted by atomic mass is 32.1. The third kappa shape index (κ3) is 3.24. The van der Waals surface area contributed by atoms with Crippen molar-refractivity contribution in [3.8, 4) is 5.75 Å². The van der Waals surface area contributed by atoms with E-state index in [1.807, 2.05) is 32.0 Å². The van der Waals surface area contributed by atoms with E-state index in [4.69, 9.17) is 4.74 Å². The smallest absolute Gasteiger partial charge is 0.264 e. The van der Waals surface area contributed by atoms with Crippen LogP contribution >= 0.6 is 11.3 Å². The molecule has 110 valence electrons. The number of hydrogen-bond acceptors (Lipinski definition) is 4. The van der Waals surface area contributed by atoms with Crippen LogP contribution in [0.1, 0.15) is 28.1 Å². The molecular weight excluding hydrogens is 284 g/mol. The molecule has 1 heterocycles. The second-order valence-corrected chi connectivity index (χ2v) is 6.41. The highest BCUT2D eigenvalue weighted by molar-refractivity contribution is 7.15. The first-order valence-electron chi connectivity index (χ1n) is 7.10. The number of thiazole rings is 1. The van der Waals surface area contributed by atoms with Gasteiger partial charge < -0.3 is 4.74 Å². The average molecular weight is 302 g/mol. The third-order valence-electron chi connectivity index (χ3n) is 3.69. The molecule has 0 fully saturated rings. The zero-order chi connectivity index (χ0) is 14.8. The van der Waals surface area contributed by atoms with Gasteiger partial charge in [0.05, 0.1) is 5.69 Å². The Balaban J connectivity index is 1.55. The average Bonchev–Trinajstić information content (AvgIpc) is 3.01. The van der Waals surface area contributed by atoms with Crippen LogP contribution in [-0.4, -0.2) is 17.5 Å². The number of rotatable bonds is 4. The number of hydrogen-bond donors (Lipinski definition) is 1. The van der Waals surface area contributed by atoms with E-state index in [1.165, 1.54) is 16.9 Å². The summed E-state index contributed by atoms with van der Waals surface area (Å²) in [5, 5.41) is 3.50. The minimum absolute atomic E-state index is 0.00669. The van der Waals surface area contributed by atoms with Crippen molar-refractivity contribution >= 4 is 22.4 Å². The molecular formula is C16H18N2O2S. The van der Waals surface area contributed by atoms with E-state index in [9.17, 15) is 4.79 Å². The van der Waals surface area contributed by atoms with Gasteiger partial charge in [-0.25, -0.2) is 4.98 Å². The van der Waals surface area contributed by atoms with Crippen LogP contribution in [0, 0.1) is 13.8 Å². The number of anilines is 1. The molecule has 0 spiro atoms. The summed E-state index contributed by atoms with van der Waals surface area (Å²) in [6, 6.07) is 5.82. The molecule has 3 rings (SSSR count). The molecule has 0 saturated carbocycles. The lowest BCUT2D eigenvalue weighted by Crippen LogP contribution is -2.20. The number of carbonyl (C=O) groups excluding carboxylic acids is 1. The fourth-order valence-corrected chi connectivity index (χ4v) is 3.42. The monoisotopic (exact) mass is 302 g/mol. The number of benzene rings is 1. The molecule has 2 aromatic rings. The predicted octanol–water partition coefficient (Wildman–Crippen LogP) is 3.27. The van der Waals surface area contributed by atoms with Crippen LogP contribution in [0.3, 0.4) is 0 Å². The maximum absolute atomic E-state index is 11.9. The third-order valence-corrected chi connectivity index (χ3v) is 4.76. The van der Waals surface area contributed by atoms with Gasteiger partial charge in [0.2, 0.25) is 0 Å². The highest BCUT2D eigenvalue weighted by Gasteiger charge is 2.17. The normalized spacial score (nSPS) is 13.0. The molecule has 0 bridgehead atoms. The van der Waals surface area contributed by atoms with Crippen molar-refractivity contribution in [2.75, 3.05) is 11.9 Å². The number of amides is 1. The molecule has 0 atom stereocenters. The van der Waals surface area contributed by atoms with Gasteiger partial charge in [0.1, 0.15) is 5.75 Å². The molecule has 1 aliphatic carbocycles. The molecule has 4 nitrogen and oxygen atoms in total. The Hall–Kier alpha value is -1.88. The zero-order valence-corrected chi connectivity index (χ0v) is 13.0. The van der Waals surface area contributed by atoms with E-state index in [0.29, 0.717) is 5.13 Å². The van der Waals surface area contributed by atoms with Crippen molar-refractivity contribution in [3.05, 3.63) is 39.9 Å². The molecule has 1 N–H and O–H groups in total. The van der Waals surface area contributed by atoms with Gasteiger partial charge >= 0.3 is 0 Å². The first-order chi connectivity index (χ1) is 10.1. The molecule has 0 unspecified atom stereocenters. The SMILES string of the molecule is Cc1ccc(OCC(=O)Nc2nc3c(s2)CCC3)cc1C. The van der Waals surface area contributed by atoms with Crippen LogP contribution in [-0.2, 0) is 17.6 Å². The molecule has 5 heteroatoms. The lowest BCUT2D eigenvalue weighted by atomic mass is 10.1. The molecule has 21 heavy (non-hydrogen) atoms. The second-order valence-electron chi connectivity index (χ2n) is 5.33. The summed E-state index contributed by atoms with van der Waals surface area (Å²) >= 11 is 1.58. The first kappa shape index (κ1) is 14.1. The number of aromatic nitrogens is 1. The van der Waals surface area contributed by atoms with Gasteiger partial charge in [-0.15, -0.1) is 11.3 Å². The van der Waals surface area contributed by atoms with Gasteiger partial charge in [0, 0.05) is 4.88 Å². The van der Waals surface area contributed by atoms with E-state index in [1.54, 1.807) is 11.3 Å². The number of nitrogens with one attached hydrogen (secondary N) is 1. The van der Waals surface area contributed by atoms with Crippen molar-refractivity contribution in [2.45, 2.75) is 33.1 Å². The minimum atomic E-state index is -0.166. The fourth-order valence-electron chi connectivity index (χ4n) is 2.35. The highest BCUT2D eigenvalue weighted by Crippen LogP contribution is 2.30. The molecule has 0 saturated heterocycles. The standard InChI is InChI=1S/C16H18N2O2S/c1-10-6-7-12(8-11(10)2)20-9-15(19)18-16-17-13-4-3-5-14(13)21-16/h6-8H,3-5,9H2,1-2H3,(H,17,18,19). The van der Waals surface area contributed by atoms with Crippen LogP contribution in [0.15, 0.2) is 18.2 Å². The van der Waals surface area contributed by atoms with Crippen LogP contribution in [0.25, 0.3) is 0 Å². The van der Waals surface area contributed by atoms with Gasteiger partial charge in [-0.05, 0) is 56.4 Å². The summed E-state index contributed by atoms with van der Waals surface area (Å²) in [5.74, 6) is 0.551. The van der Waals surface area contributed by atoms with Gasteiger partial charge in [-0.3, -0.25) is 10.1 Å². The summed E-state index contributed by atoms with van der Waals surface area (Å²) < 4.78 is 5.52.